The number of amides is 1. The summed E-state index contributed by atoms with van der Waals surface area (Å²) in [5.74, 6) is -0.513. The molecule has 108 valence electrons. The quantitative estimate of drug-likeness (QED) is 0.840. The highest BCUT2D eigenvalue weighted by Gasteiger charge is 2.37. The van der Waals surface area contributed by atoms with Crippen LogP contribution in [0.3, 0.4) is 0 Å². The number of piperidine rings is 1. The summed E-state index contributed by atoms with van der Waals surface area (Å²) in [6.07, 6.45) is 3.71. The zero-order valence-electron chi connectivity index (χ0n) is 11.5. The van der Waals surface area contributed by atoms with Crippen molar-refractivity contribution in [1.82, 2.24) is 4.90 Å². The van der Waals surface area contributed by atoms with E-state index < -0.39 is 5.97 Å². The van der Waals surface area contributed by atoms with E-state index in [2.05, 4.69) is 0 Å². The largest absolute Gasteiger partial charge is 0.481 e. The second-order valence-electron chi connectivity index (χ2n) is 5.60. The number of nitrogens with zero attached hydrogens (tertiary/aromatic N) is 1. The summed E-state index contributed by atoms with van der Waals surface area (Å²) in [5, 5.41) is 8.86. The van der Waals surface area contributed by atoms with Gasteiger partial charge in [-0.2, -0.15) is 0 Å². The van der Waals surface area contributed by atoms with Crippen molar-refractivity contribution < 1.29 is 19.4 Å². The Balaban J connectivity index is 1.93. The van der Waals surface area contributed by atoms with Crippen molar-refractivity contribution in [3.8, 4) is 0 Å². The van der Waals surface area contributed by atoms with E-state index in [0.717, 1.165) is 32.2 Å². The molecule has 2 heterocycles. The molecule has 5 heteroatoms. The smallest absolute Gasteiger partial charge is 0.303 e. The van der Waals surface area contributed by atoms with E-state index in [1.165, 1.54) is 0 Å². The molecule has 2 rings (SSSR count). The number of carboxylic acid groups (broad SMARTS) is 1. The number of hydrogen-bond acceptors (Lipinski definition) is 3. The van der Waals surface area contributed by atoms with Crippen LogP contribution >= 0.6 is 0 Å². The van der Waals surface area contributed by atoms with Crippen molar-refractivity contribution in [2.24, 2.45) is 11.8 Å². The van der Waals surface area contributed by atoms with Gasteiger partial charge in [-0.15, -0.1) is 0 Å². The molecule has 19 heavy (non-hydrogen) atoms. The fourth-order valence-corrected chi connectivity index (χ4v) is 3.25. The number of carbonyl (C=O) groups is 2. The number of hydrogen-bond donors (Lipinski definition) is 1. The number of aliphatic carboxylic acids is 1. The average molecular weight is 269 g/mol. The van der Waals surface area contributed by atoms with Crippen LogP contribution in [0.5, 0.6) is 0 Å². The molecule has 0 aromatic heterocycles. The number of ether oxygens (including phenoxy) is 1. The lowest BCUT2D eigenvalue weighted by atomic mass is 9.92. The number of carbonyl (C=O) groups excluding carboxylic acids is 1. The topological polar surface area (TPSA) is 66.8 Å². The normalized spacial score (nSPS) is 31.4. The predicted octanol–water partition coefficient (Wildman–Crippen LogP) is 1.51. The van der Waals surface area contributed by atoms with Gasteiger partial charge in [0, 0.05) is 26.1 Å². The van der Waals surface area contributed by atoms with Crippen molar-refractivity contribution in [1.29, 1.82) is 0 Å². The van der Waals surface area contributed by atoms with Gasteiger partial charge >= 0.3 is 5.97 Å². The molecule has 0 radical (unpaired) electrons. The van der Waals surface area contributed by atoms with Crippen LogP contribution in [0.4, 0.5) is 0 Å². The lowest BCUT2D eigenvalue weighted by Gasteiger charge is -2.34. The molecule has 2 fully saturated rings. The summed E-state index contributed by atoms with van der Waals surface area (Å²) >= 11 is 0. The van der Waals surface area contributed by atoms with Gasteiger partial charge in [0.2, 0.25) is 5.91 Å². The molecule has 0 aromatic rings. The fourth-order valence-electron chi connectivity index (χ4n) is 3.25. The van der Waals surface area contributed by atoms with Gasteiger partial charge in [-0.3, -0.25) is 9.59 Å². The Morgan fingerprint density at radius 1 is 1.37 bits per heavy atom. The number of carboxylic acids is 1. The Labute approximate surface area is 113 Å². The van der Waals surface area contributed by atoms with Gasteiger partial charge < -0.3 is 14.7 Å². The molecule has 2 aliphatic rings. The summed E-state index contributed by atoms with van der Waals surface area (Å²) in [6.45, 7) is 4.07. The first-order chi connectivity index (χ1) is 9.11. The SMILES string of the molecule is CCC1OCCC1C(=O)N1CCCC(CC(=O)O)C1. The molecule has 2 aliphatic heterocycles. The van der Waals surface area contributed by atoms with E-state index in [-0.39, 0.29) is 30.3 Å². The molecule has 1 amide bonds. The molecule has 0 aliphatic carbocycles. The van der Waals surface area contributed by atoms with Crippen LogP contribution in [0.2, 0.25) is 0 Å². The third-order valence-corrected chi connectivity index (χ3v) is 4.22. The van der Waals surface area contributed by atoms with E-state index in [4.69, 9.17) is 9.84 Å². The van der Waals surface area contributed by atoms with Gasteiger partial charge in [0.25, 0.3) is 0 Å². The third-order valence-electron chi connectivity index (χ3n) is 4.22. The second kappa shape index (κ2) is 6.37. The second-order valence-corrected chi connectivity index (χ2v) is 5.60. The maximum Gasteiger partial charge on any atom is 0.303 e. The van der Waals surface area contributed by atoms with Gasteiger partial charge in [-0.1, -0.05) is 6.92 Å². The molecule has 5 nitrogen and oxygen atoms in total. The van der Waals surface area contributed by atoms with E-state index in [0.29, 0.717) is 13.2 Å². The zero-order chi connectivity index (χ0) is 13.8. The molecule has 0 bridgehead atoms. The van der Waals surface area contributed by atoms with Gasteiger partial charge in [-0.05, 0) is 31.6 Å². The minimum Gasteiger partial charge on any atom is -0.481 e. The summed E-state index contributed by atoms with van der Waals surface area (Å²) in [4.78, 5) is 25.1. The summed E-state index contributed by atoms with van der Waals surface area (Å²) in [7, 11) is 0. The molecule has 0 spiro atoms. The molecule has 0 aromatic carbocycles. The molecule has 1 N–H and O–H groups in total. The lowest BCUT2D eigenvalue weighted by Crippen LogP contribution is -2.45. The van der Waals surface area contributed by atoms with Gasteiger partial charge in [0.15, 0.2) is 0 Å². The van der Waals surface area contributed by atoms with Crippen molar-refractivity contribution >= 4 is 11.9 Å². The highest BCUT2D eigenvalue weighted by Crippen LogP contribution is 2.28. The average Bonchev–Trinajstić information content (AvgIpc) is 2.85. The van der Waals surface area contributed by atoms with Crippen LogP contribution in [0, 0.1) is 11.8 Å². The highest BCUT2D eigenvalue weighted by molar-refractivity contribution is 5.80. The standard InChI is InChI=1S/C14H23NO4/c1-2-12-11(5-7-19-12)14(18)15-6-3-4-10(9-15)8-13(16)17/h10-12H,2-9H2,1H3,(H,16,17). The van der Waals surface area contributed by atoms with Crippen molar-refractivity contribution in [3.05, 3.63) is 0 Å². The molecule has 3 atom stereocenters. The maximum atomic E-state index is 12.5. The number of rotatable bonds is 4. The van der Waals surface area contributed by atoms with Crippen LogP contribution in [0.25, 0.3) is 0 Å². The molecular weight excluding hydrogens is 246 g/mol. The van der Waals surface area contributed by atoms with E-state index in [1.54, 1.807) is 0 Å². The molecule has 3 unspecified atom stereocenters. The maximum absolute atomic E-state index is 12.5. The summed E-state index contributed by atoms with van der Waals surface area (Å²) in [6, 6.07) is 0. The summed E-state index contributed by atoms with van der Waals surface area (Å²) < 4.78 is 5.58. The van der Waals surface area contributed by atoms with Crippen LogP contribution in [-0.2, 0) is 14.3 Å². The monoisotopic (exact) mass is 269 g/mol. The van der Waals surface area contributed by atoms with Crippen LogP contribution in [0.15, 0.2) is 0 Å². The Morgan fingerprint density at radius 3 is 2.84 bits per heavy atom. The summed E-state index contributed by atoms with van der Waals surface area (Å²) in [5.41, 5.74) is 0. The highest BCUT2D eigenvalue weighted by atomic mass is 16.5. The first-order valence-corrected chi connectivity index (χ1v) is 7.24. The van der Waals surface area contributed by atoms with Crippen LogP contribution in [-0.4, -0.2) is 47.7 Å². The molecule has 2 saturated heterocycles. The van der Waals surface area contributed by atoms with Gasteiger partial charge in [0.05, 0.1) is 12.0 Å². The Bertz CT molecular complexity index is 344. The van der Waals surface area contributed by atoms with E-state index in [1.807, 2.05) is 11.8 Å². The van der Waals surface area contributed by atoms with Gasteiger partial charge in [-0.25, -0.2) is 0 Å². The molecule has 0 saturated carbocycles. The first-order valence-electron chi connectivity index (χ1n) is 7.24. The van der Waals surface area contributed by atoms with Crippen LogP contribution < -0.4 is 0 Å². The minimum atomic E-state index is -0.769. The van der Waals surface area contributed by atoms with Crippen molar-refractivity contribution in [2.75, 3.05) is 19.7 Å². The van der Waals surface area contributed by atoms with Crippen LogP contribution in [0.1, 0.15) is 39.0 Å². The first kappa shape index (κ1) is 14.3. The minimum absolute atomic E-state index is 0.0198. The Morgan fingerprint density at radius 2 is 2.16 bits per heavy atom. The Hall–Kier alpha value is -1.10. The van der Waals surface area contributed by atoms with E-state index >= 15 is 0 Å². The molecular formula is C14H23NO4. The zero-order valence-corrected chi connectivity index (χ0v) is 11.5. The van der Waals surface area contributed by atoms with E-state index in [9.17, 15) is 9.59 Å². The predicted molar refractivity (Wildman–Crippen MR) is 69.7 cm³/mol. The Kier molecular flexibility index (Phi) is 4.80. The fraction of sp³-hybridized carbons (Fsp3) is 0.857. The third kappa shape index (κ3) is 3.47. The van der Waals surface area contributed by atoms with Gasteiger partial charge in [0.1, 0.15) is 0 Å². The number of likely N-dealkylation sites (tertiary alicyclic amines) is 1. The van der Waals surface area contributed by atoms with Crippen molar-refractivity contribution in [3.63, 3.8) is 0 Å². The lowest BCUT2D eigenvalue weighted by molar-refractivity contribution is -0.143. The van der Waals surface area contributed by atoms with Crippen molar-refractivity contribution in [2.45, 2.75) is 45.1 Å².